The minimum atomic E-state index is -1.48. The largest absolute Gasteiger partial charge is 0.444 e. The molecule has 3 aliphatic rings. The lowest BCUT2D eigenvalue weighted by Gasteiger charge is -2.45. The number of likely N-dealkylation sites (tertiary alicyclic amines) is 1. The molecule has 0 saturated carbocycles. The molecule has 3 saturated heterocycles. The van der Waals surface area contributed by atoms with Crippen LogP contribution < -0.4 is 5.32 Å². The molecular formula is C36H59N3O8S2. The molecule has 4 rings (SSSR count). The summed E-state index contributed by atoms with van der Waals surface area (Å²) in [5, 5.41) is 35.6. The zero-order valence-electron chi connectivity index (χ0n) is 30.6. The minimum Gasteiger partial charge on any atom is -0.444 e. The van der Waals surface area contributed by atoms with Crippen LogP contribution in [-0.4, -0.2) is 130 Å². The number of hydrogen-bond acceptors (Lipinski definition) is 11. The van der Waals surface area contributed by atoms with Gasteiger partial charge < -0.3 is 39.7 Å². The third-order valence-electron chi connectivity index (χ3n) is 9.47. The van der Waals surface area contributed by atoms with Gasteiger partial charge in [-0.1, -0.05) is 32.9 Å². The van der Waals surface area contributed by atoms with E-state index < -0.39 is 65.6 Å². The zero-order chi connectivity index (χ0) is 36.2. The van der Waals surface area contributed by atoms with E-state index in [0.717, 1.165) is 36.3 Å². The first kappa shape index (κ1) is 40.2. The SMILES string of the molecule is CSC1O[C@H]([C@H](NC(=O)[C@@H]2[C@@H]3OCC[C@@H](CC(C)C)C[C@H]3CN2C(=O)OC(C)(C)C)[C@H](C)Sc2ccc(CN(C)C)cc2)C(O)C(O)[C@H]1O. The second kappa shape index (κ2) is 17.3. The molecule has 13 heteroatoms. The molecule has 4 N–H and O–H groups in total. The Hall–Kier alpha value is -1.58. The highest BCUT2D eigenvalue weighted by molar-refractivity contribution is 8.00. The van der Waals surface area contributed by atoms with Crippen LogP contribution in [0.5, 0.6) is 0 Å². The second-order valence-corrected chi connectivity index (χ2v) is 18.0. The van der Waals surface area contributed by atoms with E-state index in [4.69, 9.17) is 14.2 Å². The van der Waals surface area contributed by atoms with Crippen molar-refractivity contribution < 1.29 is 39.1 Å². The Morgan fingerprint density at radius 3 is 2.35 bits per heavy atom. The molecule has 1 aromatic rings. The molecule has 11 nitrogen and oxygen atoms in total. The van der Waals surface area contributed by atoms with Crippen molar-refractivity contribution in [2.75, 3.05) is 33.5 Å². The van der Waals surface area contributed by atoms with Crippen molar-refractivity contribution in [1.29, 1.82) is 0 Å². The Kier molecular flexibility index (Phi) is 14.2. The molecule has 0 spiro atoms. The summed E-state index contributed by atoms with van der Waals surface area (Å²) in [4.78, 5) is 32.8. The quantitative estimate of drug-likeness (QED) is 0.247. The number of nitrogens with zero attached hydrogens (tertiary/aromatic N) is 2. The highest BCUT2D eigenvalue weighted by Gasteiger charge is 2.53. The summed E-state index contributed by atoms with van der Waals surface area (Å²) in [5.74, 6) is 0.466. The monoisotopic (exact) mass is 725 g/mol. The molecule has 3 fully saturated rings. The standard InChI is InChI=1S/C36H59N3O8S2/c1-20(2)16-23-14-15-45-31-24(17-23)19-39(35(44)47-36(4,5)6)27(31)33(43)37-26(32-29(41)28(40)30(42)34(46-32)48-9)21(3)49-25-12-10-22(11-13-25)18-38(7)8/h10-13,20-21,23-24,26-32,34,40-42H,14-19H2,1-9H3,(H,37,43)/t21-,23-,24-,26+,27-,28?,29?,30+,31+,32+,34?/m0/s1. The number of benzene rings is 1. The van der Waals surface area contributed by atoms with Crippen molar-refractivity contribution in [3.05, 3.63) is 29.8 Å². The predicted molar refractivity (Wildman–Crippen MR) is 193 cm³/mol. The van der Waals surface area contributed by atoms with Crippen LogP contribution >= 0.6 is 23.5 Å². The van der Waals surface area contributed by atoms with E-state index >= 15 is 0 Å². The summed E-state index contributed by atoms with van der Waals surface area (Å²) in [7, 11) is 4.03. The van der Waals surface area contributed by atoms with Crippen LogP contribution in [0.1, 0.15) is 66.4 Å². The Morgan fingerprint density at radius 2 is 1.76 bits per heavy atom. The Labute approximate surface area is 301 Å². The van der Waals surface area contributed by atoms with Crippen LogP contribution in [-0.2, 0) is 25.5 Å². The number of carbonyl (C=O) groups is 2. The maximum atomic E-state index is 14.6. The maximum Gasteiger partial charge on any atom is 0.411 e. The molecule has 3 unspecified atom stereocenters. The van der Waals surface area contributed by atoms with Gasteiger partial charge in [0.2, 0.25) is 5.91 Å². The lowest BCUT2D eigenvalue weighted by atomic mass is 9.85. The van der Waals surface area contributed by atoms with Gasteiger partial charge in [0.15, 0.2) is 0 Å². The summed E-state index contributed by atoms with van der Waals surface area (Å²) in [6, 6.07) is 6.40. The van der Waals surface area contributed by atoms with Gasteiger partial charge in [0.1, 0.15) is 41.5 Å². The number of ether oxygens (including phenoxy) is 3. The zero-order valence-corrected chi connectivity index (χ0v) is 32.2. The number of rotatable bonds is 11. The normalized spacial score (nSPS) is 32.0. The lowest BCUT2D eigenvalue weighted by Crippen LogP contribution is -2.66. The second-order valence-electron chi connectivity index (χ2n) is 15.6. The third-order valence-corrected chi connectivity index (χ3v) is 11.5. The number of aliphatic hydroxyl groups excluding tert-OH is 3. The fourth-order valence-electron chi connectivity index (χ4n) is 7.35. The van der Waals surface area contributed by atoms with Crippen molar-refractivity contribution in [2.45, 2.75) is 131 Å². The summed E-state index contributed by atoms with van der Waals surface area (Å²) in [5.41, 5.74) is -0.416. The van der Waals surface area contributed by atoms with E-state index in [9.17, 15) is 24.9 Å². The van der Waals surface area contributed by atoms with E-state index in [-0.39, 0.29) is 11.2 Å². The van der Waals surface area contributed by atoms with Crippen molar-refractivity contribution >= 4 is 35.5 Å². The molecule has 11 atom stereocenters. The first-order chi connectivity index (χ1) is 23.0. The van der Waals surface area contributed by atoms with Crippen LogP contribution in [0.15, 0.2) is 29.2 Å². The smallest absolute Gasteiger partial charge is 0.411 e. The molecule has 1 aromatic carbocycles. The van der Waals surface area contributed by atoms with Crippen molar-refractivity contribution in [1.82, 2.24) is 15.1 Å². The number of hydrogen-bond donors (Lipinski definition) is 4. The number of thioether (sulfide) groups is 2. The van der Waals surface area contributed by atoms with E-state index in [2.05, 4.69) is 36.2 Å². The number of fused-ring (bicyclic) bond motifs is 1. The fraction of sp³-hybridized carbons (Fsp3) is 0.778. The van der Waals surface area contributed by atoms with Gasteiger partial charge in [-0.3, -0.25) is 9.69 Å². The Balaban J connectivity index is 1.65. The molecule has 3 aliphatic heterocycles. The molecular weight excluding hydrogens is 667 g/mol. The molecule has 0 radical (unpaired) electrons. The summed E-state index contributed by atoms with van der Waals surface area (Å²) in [6.45, 7) is 13.4. The average Bonchev–Trinajstić information content (AvgIpc) is 3.25. The van der Waals surface area contributed by atoms with Gasteiger partial charge in [0, 0.05) is 35.8 Å². The van der Waals surface area contributed by atoms with Gasteiger partial charge in [-0.15, -0.1) is 23.5 Å². The molecule has 0 aromatic heterocycles. The summed E-state index contributed by atoms with van der Waals surface area (Å²) >= 11 is 2.73. The molecule has 278 valence electrons. The first-order valence-corrected chi connectivity index (χ1v) is 19.7. The summed E-state index contributed by atoms with van der Waals surface area (Å²) < 4.78 is 18.4. The van der Waals surface area contributed by atoms with Crippen LogP contribution in [0.2, 0.25) is 0 Å². The van der Waals surface area contributed by atoms with Gasteiger partial charge >= 0.3 is 6.09 Å². The highest BCUT2D eigenvalue weighted by Crippen LogP contribution is 2.39. The number of amides is 2. The number of carbonyl (C=O) groups excluding carboxylic acids is 2. The molecule has 2 amide bonds. The third kappa shape index (κ3) is 10.5. The first-order valence-electron chi connectivity index (χ1n) is 17.5. The van der Waals surface area contributed by atoms with Gasteiger partial charge in [0.25, 0.3) is 0 Å². The van der Waals surface area contributed by atoms with E-state index in [0.29, 0.717) is 25.0 Å². The average molecular weight is 726 g/mol. The number of aliphatic hydroxyl groups is 3. The Bertz CT molecular complexity index is 1230. The molecule has 0 aliphatic carbocycles. The van der Waals surface area contributed by atoms with Gasteiger partial charge in [-0.2, -0.15) is 0 Å². The van der Waals surface area contributed by atoms with Crippen LogP contribution in [0.25, 0.3) is 0 Å². The van der Waals surface area contributed by atoms with Crippen LogP contribution in [0, 0.1) is 17.8 Å². The van der Waals surface area contributed by atoms with Gasteiger partial charge in [-0.25, -0.2) is 4.79 Å². The van der Waals surface area contributed by atoms with Crippen molar-refractivity contribution in [2.24, 2.45) is 17.8 Å². The van der Waals surface area contributed by atoms with Crippen LogP contribution in [0.3, 0.4) is 0 Å². The number of nitrogens with one attached hydrogen (secondary N) is 1. The van der Waals surface area contributed by atoms with Crippen molar-refractivity contribution in [3.63, 3.8) is 0 Å². The Morgan fingerprint density at radius 1 is 1.08 bits per heavy atom. The van der Waals surface area contributed by atoms with Gasteiger partial charge in [0.05, 0.1) is 12.1 Å². The molecule has 0 bridgehead atoms. The highest BCUT2D eigenvalue weighted by atomic mass is 32.2. The fourth-order valence-corrected chi connectivity index (χ4v) is 9.12. The minimum absolute atomic E-state index is 0.0465. The van der Waals surface area contributed by atoms with Crippen molar-refractivity contribution in [3.8, 4) is 0 Å². The maximum absolute atomic E-state index is 14.6. The molecule has 49 heavy (non-hydrogen) atoms. The van der Waals surface area contributed by atoms with Gasteiger partial charge in [-0.05, 0) is 89.9 Å². The lowest BCUT2D eigenvalue weighted by molar-refractivity contribution is -0.205. The van der Waals surface area contributed by atoms with Crippen LogP contribution in [0.4, 0.5) is 4.79 Å². The summed E-state index contributed by atoms with van der Waals surface area (Å²) in [6.07, 6.45) is -1.86. The van der Waals surface area contributed by atoms with E-state index in [1.54, 1.807) is 27.0 Å². The topological polar surface area (TPSA) is 141 Å². The predicted octanol–water partition coefficient (Wildman–Crippen LogP) is 3.96. The molecule has 3 heterocycles. The van der Waals surface area contributed by atoms with E-state index in [1.165, 1.54) is 28.4 Å². The van der Waals surface area contributed by atoms with E-state index in [1.807, 2.05) is 33.2 Å².